The van der Waals surface area contributed by atoms with Crippen molar-refractivity contribution in [3.63, 3.8) is 0 Å². The molecule has 1 amide bonds. The number of hydrogen-bond acceptors (Lipinski definition) is 5. The minimum atomic E-state index is -0.138. The smallest absolute Gasteiger partial charge is 0.249 e. The van der Waals surface area contributed by atoms with Crippen molar-refractivity contribution >= 4 is 23.2 Å². The number of aromatic nitrogens is 3. The van der Waals surface area contributed by atoms with Crippen LogP contribution in [0.4, 0.5) is 5.69 Å². The predicted octanol–water partition coefficient (Wildman–Crippen LogP) is 3.66. The van der Waals surface area contributed by atoms with Gasteiger partial charge in [-0.1, -0.05) is 17.7 Å². The van der Waals surface area contributed by atoms with Crippen molar-refractivity contribution in [2.45, 2.75) is 19.8 Å². The van der Waals surface area contributed by atoms with Crippen molar-refractivity contribution in [3.05, 3.63) is 59.2 Å². The van der Waals surface area contributed by atoms with E-state index in [9.17, 15) is 4.79 Å². The van der Waals surface area contributed by atoms with Crippen molar-refractivity contribution in [1.29, 1.82) is 0 Å². The van der Waals surface area contributed by atoms with E-state index in [0.717, 1.165) is 11.1 Å². The first kappa shape index (κ1) is 16.1. The van der Waals surface area contributed by atoms with Crippen LogP contribution in [0.3, 0.4) is 0 Å². The van der Waals surface area contributed by atoms with E-state index in [1.54, 1.807) is 30.6 Å². The Morgan fingerprint density at radius 1 is 1.25 bits per heavy atom. The fourth-order valence-electron chi connectivity index (χ4n) is 2.14. The second kappa shape index (κ2) is 7.23. The van der Waals surface area contributed by atoms with Gasteiger partial charge in [-0.05, 0) is 36.8 Å². The number of rotatable bonds is 5. The molecule has 0 atom stereocenters. The van der Waals surface area contributed by atoms with Crippen LogP contribution in [-0.2, 0) is 11.2 Å². The molecule has 7 heteroatoms. The summed E-state index contributed by atoms with van der Waals surface area (Å²) in [5.41, 5.74) is 2.29. The maximum atomic E-state index is 12.1. The van der Waals surface area contributed by atoms with Gasteiger partial charge in [0.2, 0.25) is 17.7 Å². The van der Waals surface area contributed by atoms with Crippen LogP contribution in [0.15, 0.2) is 47.1 Å². The minimum absolute atomic E-state index is 0.138. The van der Waals surface area contributed by atoms with Crippen LogP contribution >= 0.6 is 11.6 Å². The van der Waals surface area contributed by atoms with Gasteiger partial charge >= 0.3 is 0 Å². The van der Waals surface area contributed by atoms with E-state index < -0.39 is 0 Å². The monoisotopic (exact) mass is 342 g/mol. The number of carbonyl (C=O) groups is 1. The van der Waals surface area contributed by atoms with Gasteiger partial charge in [0.25, 0.3) is 0 Å². The van der Waals surface area contributed by atoms with Gasteiger partial charge in [-0.15, -0.1) is 10.2 Å². The number of carbonyl (C=O) groups excluding carboxylic acids is 1. The molecule has 122 valence electrons. The zero-order valence-corrected chi connectivity index (χ0v) is 13.7. The number of halogens is 1. The third-order valence-corrected chi connectivity index (χ3v) is 3.89. The number of anilines is 1. The number of amides is 1. The second-order valence-electron chi connectivity index (χ2n) is 5.20. The van der Waals surface area contributed by atoms with Gasteiger partial charge in [-0.2, -0.15) is 0 Å². The normalized spacial score (nSPS) is 10.6. The Kier molecular flexibility index (Phi) is 4.86. The summed E-state index contributed by atoms with van der Waals surface area (Å²) in [6, 6.07) is 9.01. The Labute approximate surface area is 143 Å². The molecular formula is C17H15ClN4O2. The van der Waals surface area contributed by atoms with Gasteiger partial charge in [0.15, 0.2) is 0 Å². The zero-order valence-electron chi connectivity index (χ0n) is 13.0. The molecule has 2 aromatic heterocycles. The summed E-state index contributed by atoms with van der Waals surface area (Å²) in [7, 11) is 0. The molecular weight excluding hydrogens is 328 g/mol. The molecule has 1 aromatic carbocycles. The molecule has 6 nitrogen and oxygen atoms in total. The van der Waals surface area contributed by atoms with Crippen LogP contribution in [0, 0.1) is 6.92 Å². The van der Waals surface area contributed by atoms with Crippen LogP contribution in [0.1, 0.15) is 17.9 Å². The van der Waals surface area contributed by atoms with Gasteiger partial charge in [0.05, 0.1) is 5.56 Å². The Morgan fingerprint density at radius 2 is 2.12 bits per heavy atom. The van der Waals surface area contributed by atoms with Crippen molar-refractivity contribution < 1.29 is 9.21 Å². The fraction of sp³-hybridized carbons (Fsp3) is 0.176. The number of aryl methyl sites for hydroxylation is 1. The molecule has 0 unspecified atom stereocenters. The first-order valence-corrected chi connectivity index (χ1v) is 7.79. The molecule has 0 bridgehead atoms. The van der Waals surface area contributed by atoms with Crippen LogP contribution < -0.4 is 5.32 Å². The summed E-state index contributed by atoms with van der Waals surface area (Å²) < 4.78 is 5.55. The lowest BCUT2D eigenvalue weighted by Crippen LogP contribution is -2.13. The average Bonchev–Trinajstić information content (AvgIpc) is 3.07. The molecule has 0 fully saturated rings. The van der Waals surface area contributed by atoms with Crippen molar-refractivity contribution in [3.8, 4) is 11.5 Å². The summed E-state index contributed by atoms with van der Waals surface area (Å²) >= 11 is 6.04. The van der Waals surface area contributed by atoms with Gasteiger partial charge in [-0.25, -0.2) is 0 Å². The van der Waals surface area contributed by atoms with Gasteiger partial charge in [-0.3, -0.25) is 9.78 Å². The number of nitrogens with zero attached hydrogens (tertiary/aromatic N) is 3. The van der Waals surface area contributed by atoms with E-state index in [1.807, 2.05) is 19.1 Å². The van der Waals surface area contributed by atoms with Gasteiger partial charge in [0, 0.05) is 35.9 Å². The van der Waals surface area contributed by atoms with E-state index in [-0.39, 0.29) is 12.3 Å². The van der Waals surface area contributed by atoms with Crippen molar-refractivity contribution in [2.75, 3.05) is 5.32 Å². The summed E-state index contributed by atoms with van der Waals surface area (Å²) in [6.45, 7) is 1.86. The molecule has 0 radical (unpaired) electrons. The SMILES string of the molecule is Cc1c(Cl)cccc1NC(=O)CCc1nnc(-c2cccnc2)o1. The zero-order chi connectivity index (χ0) is 16.9. The molecule has 0 aliphatic carbocycles. The number of hydrogen-bond donors (Lipinski definition) is 1. The highest BCUT2D eigenvalue weighted by molar-refractivity contribution is 6.31. The Bertz CT molecular complexity index is 849. The highest BCUT2D eigenvalue weighted by Gasteiger charge is 2.11. The van der Waals surface area contributed by atoms with E-state index in [2.05, 4.69) is 20.5 Å². The number of benzene rings is 1. The van der Waals surface area contributed by atoms with E-state index >= 15 is 0 Å². The maximum Gasteiger partial charge on any atom is 0.249 e. The Morgan fingerprint density at radius 3 is 2.92 bits per heavy atom. The lowest BCUT2D eigenvalue weighted by Gasteiger charge is -2.08. The first-order valence-electron chi connectivity index (χ1n) is 7.41. The van der Waals surface area contributed by atoms with E-state index in [1.165, 1.54) is 0 Å². The summed E-state index contributed by atoms with van der Waals surface area (Å²) in [6.07, 6.45) is 3.91. The summed E-state index contributed by atoms with van der Waals surface area (Å²) in [4.78, 5) is 16.1. The molecule has 0 spiro atoms. The van der Waals surface area contributed by atoms with E-state index in [4.69, 9.17) is 16.0 Å². The second-order valence-corrected chi connectivity index (χ2v) is 5.61. The molecule has 24 heavy (non-hydrogen) atoms. The predicted molar refractivity (Wildman–Crippen MR) is 90.7 cm³/mol. The quantitative estimate of drug-likeness (QED) is 0.765. The van der Waals surface area contributed by atoms with Crippen molar-refractivity contribution in [1.82, 2.24) is 15.2 Å². The third kappa shape index (κ3) is 3.78. The number of nitrogens with one attached hydrogen (secondary N) is 1. The molecule has 2 heterocycles. The minimum Gasteiger partial charge on any atom is -0.421 e. The van der Waals surface area contributed by atoms with Crippen molar-refractivity contribution in [2.24, 2.45) is 0 Å². The standard InChI is InChI=1S/C17H15ClN4O2/c1-11-13(18)5-2-6-14(11)20-15(23)7-8-16-21-22-17(24-16)12-4-3-9-19-10-12/h2-6,9-10H,7-8H2,1H3,(H,20,23). The maximum absolute atomic E-state index is 12.1. The van der Waals surface area contributed by atoms with Gasteiger partial charge in [0.1, 0.15) is 0 Å². The fourth-order valence-corrected chi connectivity index (χ4v) is 2.31. The lowest BCUT2D eigenvalue weighted by atomic mass is 10.2. The first-order chi connectivity index (χ1) is 11.6. The van der Waals surface area contributed by atoms with E-state index in [0.29, 0.717) is 28.9 Å². The number of pyridine rings is 1. The third-order valence-electron chi connectivity index (χ3n) is 3.48. The highest BCUT2D eigenvalue weighted by Crippen LogP contribution is 2.23. The molecule has 0 aliphatic rings. The molecule has 0 saturated heterocycles. The molecule has 3 aromatic rings. The van der Waals surface area contributed by atoms with Gasteiger partial charge < -0.3 is 9.73 Å². The average molecular weight is 343 g/mol. The van der Waals surface area contributed by atoms with Crippen LogP contribution in [0.2, 0.25) is 5.02 Å². The van der Waals surface area contributed by atoms with Crippen LogP contribution in [0.5, 0.6) is 0 Å². The molecule has 0 saturated carbocycles. The Balaban J connectivity index is 1.59. The summed E-state index contributed by atoms with van der Waals surface area (Å²) in [5.74, 6) is 0.664. The topological polar surface area (TPSA) is 80.9 Å². The summed E-state index contributed by atoms with van der Waals surface area (Å²) in [5, 5.41) is 11.4. The molecule has 1 N–H and O–H groups in total. The molecule has 0 aliphatic heterocycles. The van der Waals surface area contributed by atoms with Crippen LogP contribution in [-0.4, -0.2) is 21.1 Å². The molecule has 3 rings (SSSR count). The highest BCUT2D eigenvalue weighted by atomic mass is 35.5. The van der Waals surface area contributed by atoms with Crippen LogP contribution in [0.25, 0.3) is 11.5 Å². The Hall–Kier alpha value is -2.73. The lowest BCUT2D eigenvalue weighted by molar-refractivity contribution is -0.116. The largest absolute Gasteiger partial charge is 0.421 e.